The summed E-state index contributed by atoms with van der Waals surface area (Å²) in [6.45, 7) is 0. The van der Waals surface area contributed by atoms with Gasteiger partial charge in [0.05, 0.1) is 29.7 Å². The quantitative estimate of drug-likeness (QED) is 0.406. The van der Waals surface area contributed by atoms with E-state index in [-0.39, 0.29) is 17.1 Å². The summed E-state index contributed by atoms with van der Waals surface area (Å²) in [5.74, 6) is 0.703. The van der Waals surface area contributed by atoms with Gasteiger partial charge in [0.15, 0.2) is 16.6 Å². The predicted molar refractivity (Wildman–Crippen MR) is 111 cm³/mol. The number of thiazole rings is 1. The van der Waals surface area contributed by atoms with Crippen molar-refractivity contribution in [3.63, 3.8) is 0 Å². The number of nitrogens with zero attached hydrogens (tertiary/aromatic N) is 3. The molecule has 0 fully saturated rings. The van der Waals surface area contributed by atoms with Crippen LogP contribution in [0.15, 0.2) is 52.7 Å². The summed E-state index contributed by atoms with van der Waals surface area (Å²) in [6, 6.07) is 10.3. The van der Waals surface area contributed by atoms with Gasteiger partial charge in [0.25, 0.3) is 15.7 Å². The first kappa shape index (κ1) is 20.6. The third kappa shape index (κ3) is 4.00. The van der Waals surface area contributed by atoms with E-state index in [0.29, 0.717) is 22.8 Å². The van der Waals surface area contributed by atoms with Gasteiger partial charge in [0.2, 0.25) is 0 Å². The van der Waals surface area contributed by atoms with Crippen molar-refractivity contribution in [3.05, 3.63) is 58.0 Å². The first-order chi connectivity index (χ1) is 13.8. The average Bonchev–Trinajstić information content (AvgIpc) is 3.22. The zero-order valence-electron chi connectivity index (χ0n) is 15.7. The minimum atomic E-state index is -3.90. The Morgan fingerprint density at radius 2 is 1.86 bits per heavy atom. The van der Waals surface area contributed by atoms with E-state index in [4.69, 9.17) is 9.47 Å². The van der Waals surface area contributed by atoms with Crippen LogP contribution in [-0.4, -0.2) is 39.6 Å². The van der Waals surface area contributed by atoms with Gasteiger partial charge in [0, 0.05) is 37.6 Å². The Morgan fingerprint density at radius 3 is 2.52 bits per heavy atom. The summed E-state index contributed by atoms with van der Waals surface area (Å²) in [4.78, 5) is 14.8. The van der Waals surface area contributed by atoms with Gasteiger partial charge in [-0.25, -0.2) is 17.7 Å². The Kier molecular flexibility index (Phi) is 5.71. The fraction of sp³-hybridized carbons (Fsp3) is 0.167. The van der Waals surface area contributed by atoms with Crippen LogP contribution in [0, 0.1) is 10.1 Å². The maximum Gasteiger partial charge on any atom is 0.270 e. The molecule has 2 aromatic carbocycles. The lowest BCUT2D eigenvalue weighted by Crippen LogP contribution is -2.26. The number of nitro benzene ring substituents is 1. The molecule has 1 aromatic heterocycles. The zero-order valence-corrected chi connectivity index (χ0v) is 17.4. The lowest BCUT2D eigenvalue weighted by Gasteiger charge is -2.17. The SMILES string of the molecule is COc1ccc(S(=O)(=O)N(C)c2nc(-c3cccc([N+](=O)[O-])c3)cs2)cc1OC.[3HH]. The van der Waals surface area contributed by atoms with Crippen LogP contribution in [0.4, 0.5) is 10.8 Å². The molecule has 0 aliphatic carbocycles. The van der Waals surface area contributed by atoms with Gasteiger partial charge < -0.3 is 9.47 Å². The number of methoxy groups -OCH3 is 2. The Bertz CT molecular complexity index is 1170. The lowest BCUT2D eigenvalue weighted by atomic mass is 10.1. The highest BCUT2D eigenvalue weighted by Crippen LogP contribution is 2.34. The molecule has 0 aliphatic heterocycles. The minimum Gasteiger partial charge on any atom is -0.493 e. The lowest BCUT2D eigenvalue weighted by molar-refractivity contribution is -0.384. The van der Waals surface area contributed by atoms with Gasteiger partial charge >= 0.3 is 0 Å². The van der Waals surface area contributed by atoms with Crippen LogP contribution in [0.2, 0.25) is 0 Å². The Labute approximate surface area is 172 Å². The van der Waals surface area contributed by atoms with Crippen LogP contribution in [0.3, 0.4) is 0 Å². The summed E-state index contributed by atoms with van der Waals surface area (Å²) >= 11 is 1.12. The van der Waals surface area contributed by atoms with Gasteiger partial charge in [-0.15, -0.1) is 11.3 Å². The third-order valence-corrected chi connectivity index (χ3v) is 6.90. The second-order valence-electron chi connectivity index (χ2n) is 5.81. The molecule has 0 aliphatic rings. The number of aromatic nitrogens is 1. The van der Waals surface area contributed by atoms with Crippen molar-refractivity contribution in [3.8, 4) is 22.8 Å². The van der Waals surface area contributed by atoms with Crippen molar-refractivity contribution in [2.24, 2.45) is 0 Å². The molecular weight excluding hydrogens is 418 g/mol. The molecular formula is C18H19N3O6S2. The molecule has 0 atom stereocenters. The smallest absolute Gasteiger partial charge is 0.270 e. The highest BCUT2D eigenvalue weighted by atomic mass is 32.2. The van der Waals surface area contributed by atoms with Crippen molar-refractivity contribution in [2.75, 3.05) is 25.6 Å². The molecule has 0 saturated carbocycles. The molecule has 0 radical (unpaired) electrons. The van der Waals surface area contributed by atoms with E-state index in [0.717, 1.165) is 15.6 Å². The first-order valence-corrected chi connectivity index (χ1v) is 10.5. The first-order valence-electron chi connectivity index (χ1n) is 8.19. The number of anilines is 1. The van der Waals surface area contributed by atoms with Crippen molar-refractivity contribution in [1.29, 1.82) is 0 Å². The maximum absolute atomic E-state index is 13.0. The second-order valence-corrected chi connectivity index (χ2v) is 8.62. The number of ether oxygens (including phenoxy) is 2. The van der Waals surface area contributed by atoms with E-state index in [1.54, 1.807) is 17.5 Å². The number of benzene rings is 2. The fourth-order valence-corrected chi connectivity index (χ4v) is 4.75. The molecule has 0 unspecified atom stereocenters. The average molecular weight is 440 g/mol. The fourth-order valence-electron chi connectivity index (χ4n) is 2.56. The number of non-ortho nitro benzene ring substituents is 1. The molecule has 154 valence electrons. The van der Waals surface area contributed by atoms with Crippen molar-refractivity contribution >= 4 is 32.2 Å². The van der Waals surface area contributed by atoms with Crippen molar-refractivity contribution < 1.29 is 24.2 Å². The van der Waals surface area contributed by atoms with Crippen LogP contribution in [0.1, 0.15) is 1.43 Å². The van der Waals surface area contributed by atoms with Gasteiger partial charge in [-0.2, -0.15) is 0 Å². The summed E-state index contributed by atoms with van der Waals surface area (Å²) in [5.41, 5.74) is 0.907. The number of hydrogen-bond acceptors (Lipinski definition) is 8. The number of hydrogen-bond donors (Lipinski definition) is 0. The van der Waals surface area contributed by atoms with Gasteiger partial charge in [-0.1, -0.05) is 12.1 Å². The number of rotatable bonds is 7. The molecule has 0 N–H and O–H groups in total. The monoisotopic (exact) mass is 439 g/mol. The highest BCUT2D eigenvalue weighted by molar-refractivity contribution is 7.93. The van der Waals surface area contributed by atoms with Crippen LogP contribution in [0.5, 0.6) is 11.5 Å². The van der Waals surface area contributed by atoms with E-state index < -0.39 is 14.9 Å². The van der Waals surface area contributed by atoms with Crippen LogP contribution in [0.25, 0.3) is 11.3 Å². The molecule has 1 heterocycles. The summed E-state index contributed by atoms with van der Waals surface area (Å²) in [5, 5.41) is 12.8. The standard InChI is InChI=1S/C18H17N3O6S2.H2/c1-20(29(24,25)14-7-8-16(26-2)17(10-14)27-3)18-19-15(11-28-18)12-5-4-6-13(9-12)21(22)23;/h4-11H,1-3H3;1H/i;1+2. The van der Waals surface area contributed by atoms with Crippen molar-refractivity contribution in [1.82, 2.24) is 4.98 Å². The Hall–Kier alpha value is -3.18. The van der Waals surface area contributed by atoms with E-state index in [2.05, 4.69) is 4.98 Å². The minimum absolute atomic E-state index is 0. The normalized spacial score (nSPS) is 11.1. The molecule has 9 nitrogen and oxygen atoms in total. The van der Waals surface area contributed by atoms with E-state index in [1.807, 2.05) is 0 Å². The maximum atomic E-state index is 13.0. The Balaban J connectivity index is 0.00000320. The van der Waals surface area contributed by atoms with Crippen LogP contribution in [-0.2, 0) is 10.0 Å². The number of nitro groups is 1. The summed E-state index contributed by atoms with van der Waals surface area (Å²) in [7, 11) is 0.371. The van der Waals surface area contributed by atoms with Gasteiger partial charge in [-0.05, 0) is 12.1 Å². The topological polar surface area (TPSA) is 112 Å². The third-order valence-electron chi connectivity index (χ3n) is 4.13. The Morgan fingerprint density at radius 1 is 1.14 bits per heavy atom. The van der Waals surface area contributed by atoms with E-state index in [1.165, 1.54) is 51.6 Å². The van der Waals surface area contributed by atoms with Crippen LogP contribution < -0.4 is 13.8 Å². The highest BCUT2D eigenvalue weighted by Gasteiger charge is 2.25. The van der Waals surface area contributed by atoms with Crippen LogP contribution >= 0.6 is 11.3 Å². The summed E-state index contributed by atoms with van der Waals surface area (Å²) < 4.78 is 37.4. The molecule has 3 rings (SSSR count). The molecule has 11 heteroatoms. The molecule has 0 bridgehead atoms. The van der Waals surface area contributed by atoms with E-state index >= 15 is 0 Å². The predicted octanol–water partition coefficient (Wildman–Crippen LogP) is 3.81. The van der Waals surface area contributed by atoms with Gasteiger partial charge in [0.1, 0.15) is 0 Å². The molecule has 0 spiro atoms. The second kappa shape index (κ2) is 8.05. The molecule has 0 saturated heterocycles. The molecule has 3 aromatic rings. The van der Waals surface area contributed by atoms with Crippen molar-refractivity contribution in [2.45, 2.75) is 4.90 Å². The van der Waals surface area contributed by atoms with Gasteiger partial charge in [-0.3, -0.25) is 10.1 Å². The molecule has 29 heavy (non-hydrogen) atoms. The number of sulfonamides is 1. The molecule has 0 amide bonds. The largest absolute Gasteiger partial charge is 0.493 e. The zero-order chi connectivity index (χ0) is 21.2. The van der Waals surface area contributed by atoms with E-state index in [9.17, 15) is 18.5 Å². The summed E-state index contributed by atoms with van der Waals surface area (Å²) in [6.07, 6.45) is 0.